The number of likely N-dealkylation sites (tertiary alicyclic amines) is 1. The Balaban J connectivity index is 2.75. The van der Waals surface area contributed by atoms with Gasteiger partial charge in [-0.3, -0.25) is 4.79 Å². The molecule has 1 amide bonds. The fourth-order valence-electron chi connectivity index (χ4n) is 1.68. The van der Waals surface area contributed by atoms with Crippen molar-refractivity contribution in [2.75, 3.05) is 6.54 Å². The van der Waals surface area contributed by atoms with Crippen LogP contribution in [-0.2, 0) is 9.59 Å². The number of carboxylic acids is 1. The predicted octanol–water partition coefficient (Wildman–Crippen LogP) is -1.23. The summed E-state index contributed by atoms with van der Waals surface area (Å²) >= 11 is 0. The Labute approximate surface area is 87.7 Å². The smallest absolute Gasteiger partial charge is 0.326 e. The first-order chi connectivity index (χ1) is 6.97. The molecule has 6 heteroatoms. The van der Waals surface area contributed by atoms with E-state index in [1.165, 1.54) is 0 Å². The van der Waals surface area contributed by atoms with Crippen molar-refractivity contribution in [3.8, 4) is 0 Å². The monoisotopic (exact) mass is 216 g/mol. The Morgan fingerprint density at radius 3 is 2.67 bits per heavy atom. The maximum atomic E-state index is 11.7. The molecule has 6 nitrogen and oxygen atoms in total. The molecule has 0 aromatic carbocycles. The Hall–Kier alpha value is -1.14. The summed E-state index contributed by atoms with van der Waals surface area (Å²) in [4.78, 5) is 23.6. The van der Waals surface area contributed by atoms with Gasteiger partial charge < -0.3 is 20.8 Å². The SMILES string of the molecule is CC[C@H](N)C(=O)N1C[C@H](O)C[C@@H]1C(=O)O. The number of amides is 1. The third kappa shape index (κ3) is 2.45. The molecule has 0 unspecified atom stereocenters. The number of β-amino-alcohol motifs (C(OH)–C–C–N with tert-alkyl or cyclic N) is 1. The highest BCUT2D eigenvalue weighted by Crippen LogP contribution is 2.19. The summed E-state index contributed by atoms with van der Waals surface area (Å²) in [5.41, 5.74) is 5.54. The number of nitrogens with zero attached hydrogens (tertiary/aromatic N) is 1. The summed E-state index contributed by atoms with van der Waals surface area (Å²) in [6.45, 7) is 1.81. The third-order valence-electron chi connectivity index (χ3n) is 2.60. The minimum Gasteiger partial charge on any atom is -0.480 e. The van der Waals surface area contributed by atoms with Gasteiger partial charge in [0.05, 0.1) is 12.1 Å². The molecule has 1 aliphatic heterocycles. The van der Waals surface area contributed by atoms with Gasteiger partial charge in [0, 0.05) is 13.0 Å². The van der Waals surface area contributed by atoms with Gasteiger partial charge in [-0.1, -0.05) is 6.92 Å². The molecule has 1 rings (SSSR count). The summed E-state index contributed by atoms with van der Waals surface area (Å²) < 4.78 is 0. The molecule has 4 N–H and O–H groups in total. The molecular weight excluding hydrogens is 200 g/mol. The van der Waals surface area contributed by atoms with Crippen LogP contribution in [0.3, 0.4) is 0 Å². The summed E-state index contributed by atoms with van der Waals surface area (Å²) in [6, 6.07) is -1.62. The second-order valence-electron chi connectivity index (χ2n) is 3.75. The van der Waals surface area contributed by atoms with Crippen LogP contribution in [-0.4, -0.2) is 51.7 Å². The molecule has 3 atom stereocenters. The van der Waals surface area contributed by atoms with E-state index in [0.717, 1.165) is 4.90 Å². The Morgan fingerprint density at radius 1 is 1.60 bits per heavy atom. The molecule has 0 aromatic rings. The van der Waals surface area contributed by atoms with Gasteiger partial charge in [0.15, 0.2) is 0 Å². The van der Waals surface area contributed by atoms with Crippen LogP contribution in [0.15, 0.2) is 0 Å². The van der Waals surface area contributed by atoms with Crippen LogP contribution in [0.4, 0.5) is 0 Å². The normalized spacial score (nSPS) is 27.8. The van der Waals surface area contributed by atoms with Crippen molar-refractivity contribution in [3.05, 3.63) is 0 Å². The number of aliphatic hydroxyl groups is 1. The largest absolute Gasteiger partial charge is 0.480 e. The molecule has 1 fully saturated rings. The highest BCUT2D eigenvalue weighted by molar-refractivity contribution is 5.87. The maximum absolute atomic E-state index is 11.7. The lowest BCUT2D eigenvalue weighted by molar-refractivity contribution is -0.148. The minimum absolute atomic E-state index is 0.0590. The highest BCUT2D eigenvalue weighted by atomic mass is 16.4. The second-order valence-corrected chi connectivity index (χ2v) is 3.75. The maximum Gasteiger partial charge on any atom is 0.326 e. The summed E-state index contributed by atoms with van der Waals surface area (Å²) in [6.07, 6.45) is -0.228. The van der Waals surface area contributed by atoms with Crippen LogP contribution < -0.4 is 5.73 Å². The molecule has 0 aromatic heterocycles. The van der Waals surface area contributed by atoms with Gasteiger partial charge >= 0.3 is 5.97 Å². The lowest BCUT2D eigenvalue weighted by atomic mass is 10.1. The number of carboxylic acid groups (broad SMARTS) is 1. The number of hydrogen-bond donors (Lipinski definition) is 3. The topological polar surface area (TPSA) is 104 Å². The van der Waals surface area contributed by atoms with Crippen LogP contribution in [0, 0.1) is 0 Å². The summed E-state index contributed by atoms with van der Waals surface area (Å²) in [5.74, 6) is -1.50. The van der Waals surface area contributed by atoms with Crippen LogP contribution in [0.1, 0.15) is 19.8 Å². The zero-order valence-corrected chi connectivity index (χ0v) is 8.59. The van der Waals surface area contributed by atoms with Crippen molar-refractivity contribution in [2.24, 2.45) is 5.73 Å². The van der Waals surface area contributed by atoms with Crippen molar-refractivity contribution in [2.45, 2.75) is 38.0 Å². The number of carbonyl (C=O) groups is 2. The Bertz CT molecular complexity index is 269. The average molecular weight is 216 g/mol. The van der Waals surface area contributed by atoms with Crippen molar-refractivity contribution < 1.29 is 19.8 Å². The zero-order chi connectivity index (χ0) is 11.6. The van der Waals surface area contributed by atoms with Crippen LogP contribution >= 0.6 is 0 Å². The van der Waals surface area contributed by atoms with Crippen molar-refractivity contribution >= 4 is 11.9 Å². The standard InChI is InChI=1S/C9H16N2O4/c1-2-6(10)8(13)11-4-5(12)3-7(11)9(14)15/h5-7,12H,2-4,10H2,1H3,(H,14,15)/t5-,6+,7-/m1/s1. The molecule has 0 spiro atoms. The number of nitrogens with two attached hydrogens (primary N) is 1. The lowest BCUT2D eigenvalue weighted by Crippen LogP contribution is -2.48. The van der Waals surface area contributed by atoms with Crippen LogP contribution in [0.25, 0.3) is 0 Å². The first-order valence-corrected chi connectivity index (χ1v) is 4.94. The van der Waals surface area contributed by atoms with Gasteiger partial charge in [-0.05, 0) is 6.42 Å². The molecule has 86 valence electrons. The quantitative estimate of drug-likeness (QED) is 0.548. The van der Waals surface area contributed by atoms with E-state index in [1.807, 2.05) is 0 Å². The van der Waals surface area contributed by atoms with E-state index in [-0.39, 0.29) is 13.0 Å². The molecule has 1 aliphatic rings. The van der Waals surface area contributed by atoms with E-state index in [9.17, 15) is 14.7 Å². The third-order valence-corrected chi connectivity index (χ3v) is 2.60. The highest BCUT2D eigenvalue weighted by Gasteiger charge is 2.39. The van der Waals surface area contributed by atoms with E-state index >= 15 is 0 Å². The van der Waals surface area contributed by atoms with Gasteiger partial charge in [-0.25, -0.2) is 4.79 Å². The number of aliphatic carboxylic acids is 1. The summed E-state index contributed by atoms with van der Waals surface area (Å²) in [5, 5.41) is 18.2. The minimum atomic E-state index is -1.09. The fourth-order valence-corrected chi connectivity index (χ4v) is 1.68. The molecule has 0 saturated carbocycles. The fraction of sp³-hybridized carbons (Fsp3) is 0.778. The van der Waals surface area contributed by atoms with Crippen molar-refractivity contribution in [1.29, 1.82) is 0 Å². The first kappa shape index (κ1) is 11.9. The lowest BCUT2D eigenvalue weighted by Gasteiger charge is -2.23. The van der Waals surface area contributed by atoms with Gasteiger partial charge in [-0.15, -0.1) is 0 Å². The molecule has 1 saturated heterocycles. The zero-order valence-electron chi connectivity index (χ0n) is 8.59. The second kappa shape index (κ2) is 4.59. The molecule has 0 radical (unpaired) electrons. The molecule has 0 bridgehead atoms. The van der Waals surface area contributed by atoms with E-state index in [0.29, 0.717) is 6.42 Å². The number of carbonyl (C=O) groups excluding carboxylic acids is 1. The van der Waals surface area contributed by atoms with E-state index in [1.54, 1.807) is 6.92 Å². The van der Waals surface area contributed by atoms with Crippen LogP contribution in [0.2, 0.25) is 0 Å². The Kier molecular flexibility index (Phi) is 3.65. The summed E-state index contributed by atoms with van der Waals surface area (Å²) in [7, 11) is 0. The number of rotatable bonds is 3. The van der Waals surface area contributed by atoms with E-state index in [4.69, 9.17) is 10.8 Å². The van der Waals surface area contributed by atoms with Crippen LogP contribution in [0.5, 0.6) is 0 Å². The Morgan fingerprint density at radius 2 is 2.20 bits per heavy atom. The van der Waals surface area contributed by atoms with Gasteiger partial charge in [0.2, 0.25) is 5.91 Å². The molecule has 0 aliphatic carbocycles. The molecule has 15 heavy (non-hydrogen) atoms. The average Bonchev–Trinajstić information content (AvgIpc) is 2.58. The van der Waals surface area contributed by atoms with E-state index < -0.39 is 30.1 Å². The number of aliphatic hydroxyl groups excluding tert-OH is 1. The van der Waals surface area contributed by atoms with Gasteiger partial charge in [0.25, 0.3) is 0 Å². The van der Waals surface area contributed by atoms with Gasteiger partial charge in [-0.2, -0.15) is 0 Å². The molecular formula is C9H16N2O4. The van der Waals surface area contributed by atoms with Crippen molar-refractivity contribution in [1.82, 2.24) is 4.90 Å². The van der Waals surface area contributed by atoms with E-state index in [2.05, 4.69) is 0 Å². The van der Waals surface area contributed by atoms with Crippen molar-refractivity contribution in [3.63, 3.8) is 0 Å². The van der Waals surface area contributed by atoms with Gasteiger partial charge in [0.1, 0.15) is 6.04 Å². The number of hydrogen-bond acceptors (Lipinski definition) is 4. The molecule has 1 heterocycles. The predicted molar refractivity (Wildman–Crippen MR) is 52.0 cm³/mol. The first-order valence-electron chi connectivity index (χ1n) is 4.94.